The van der Waals surface area contributed by atoms with Crippen molar-refractivity contribution in [2.75, 3.05) is 7.11 Å². The van der Waals surface area contributed by atoms with Crippen LogP contribution in [0.15, 0.2) is 24.3 Å². The minimum atomic E-state index is -0.346. The fourth-order valence-electron chi connectivity index (χ4n) is 1.21. The molecule has 0 atom stereocenters. The van der Waals surface area contributed by atoms with Crippen LogP contribution in [0, 0.1) is 0 Å². The molecule has 1 aromatic rings. The molecule has 1 aliphatic carbocycles. The molecule has 0 saturated heterocycles. The van der Waals surface area contributed by atoms with Crippen molar-refractivity contribution >= 4 is 5.97 Å². The fourth-order valence-corrected chi connectivity index (χ4v) is 1.21. The van der Waals surface area contributed by atoms with Crippen molar-refractivity contribution in [2.24, 2.45) is 0 Å². The van der Waals surface area contributed by atoms with Crippen LogP contribution in [0.2, 0.25) is 0 Å². The van der Waals surface area contributed by atoms with Gasteiger partial charge in [-0.3, -0.25) is 0 Å². The molecule has 1 aromatic carbocycles. The van der Waals surface area contributed by atoms with Crippen LogP contribution in [0.3, 0.4) is 0 Å². The van der Waals surface area contributed by atoms with E-state index >= 15 is 0 Å². The van der Waals surface area contributed by atoms with E-state index in [4.69, 9.17) is 4.74 Å². The Morgan fingerprint density at radius 2 is 1.88 bits per heavy atom. The Balaban J connectivity index is 0.000000606. The second-order valence-corrected chi connectivity index (χ2v) is 3.30. The first-order valence-corrected chi connectivity index (χ1v) is 5.65. The summed E-state index contributed by atoms with van der Waals surface area (Å²) < 4.78 is 10.2. The maximum atomic E-state index is 11.3. The molecule has 1 fully saturated rings. The second kappa shape index (κ2) is 6.16. The van der Waals surface area contributed by atoms with E-state index in [0.29, 0.717) is 17.4 Å². The van der Waals surface area contributed by atoms with Gasteiger partial charge in [0.25, 0.3) is 0 Å². The Labute approximate surface area is 96.4 Å². The maximum Gasteiger partial charge on any atom is 0.341 e. The fraction of sp³-hybridized carbons (Fsp3) is 0.462. The maximum absolute atomic E-state index is 11.3. The molecule has 3 nitrogen and oxygen atoms in total. The minimum Gasteiger partial charge on any atom is -0.490 e. The van der Waals surface area contributed by atoms with E-state index in [1.807, 2.05) is 19.9 Å². The van der Waals surface area contributed by atoms with Crippen molar-refractivity contribution in [1.82, 2.24) is 0 Å². The molecule has 0 aliphatic heterocycles. The van der Waals surface area contributed by atoms with Crippen LogP contribution in [-0.2, 0) is 4.74 Å². The Bertz CT molecular complexity index is 343. The van der Waals surface area contributed by atoms with Crippen molar-refractivity contribution in [3.8, 4) is 5.75 Å². The number of ether oxygens (including phenoxy) is 2. The number of benzene rings is 1. The highest BCUT2D eigenvalue weighted by Crippen LogP contribution is 2.29. The third kappa shape index (κ3) is 3.26. The second-order valence-electron chi connectivity index (χ2n) is 3.30. The summed E-state index contributed by atoms with van der Waals surface area (Å²) in [6, 6.07) is 7.16. The first-order chi connectivity index (χ1) is 7.81. The van der Waals surface area contributed by atoms with Gasteiger partial charge in [-0.05, 0) is 25.0 Å². The highest BCUT2D eigenvalue weighted by atomic mass is 16.5. The lowest BCUT2D eigenvalue weighted by molar-refractivity contribution is 0.0595. The van der Waals surface area contributed by atoms with Gasteiger partial charge in [0.15, 0.2) is 0 Å². The number of carbonyl (C=O) groups excluding carboxylic acids is 1. The van der Waals surface area contributed by atoms with Crippen LogP contribution >= 0.6 is 0 Å². The van der Waals surface area contributed by atoms with Crippen LogP contribution in [0.5, 0.6) is 5.75 Å². The van der Waals surface area contributed by atoms with E-state index in [0.717, 1.165) is 12.8 Å². The van der Waals surface area contributed by atoms with Gasteiger partial charge in [-0.25, -0.2) is 4.79 Å². The Hall–Kier alpha value is -1.51. The summed E-state index contributed by atoms with van der Waals surface area (Å²) in [6.07, 6.45) is 2.45. The van der Waals surface area contributed by atoms with Crippen LogP contribution in [0.4, 0.5) is 0 Å². The third-order valence-corrected chi connectivity index (χ3v) is 2.11. The van der Waals surface area contributed by atoms with Gasteiger partial charge in [-0.15, -0.1) is 0 Å². The molecular formula is C13H18O3. The monoisotopic (exact) mass is 222 g/mol. The average molecular weight is 222 g/mol. The molecule has 1 saturated carbocycles. The zero-order chi connectivity index (χ0) is 12.0. The lowest BCUT2D eigenvalue weighted by atomic mass is 10.2. The van der Waals surface area contributed by atoms with Crippen LogP contribution in [0.25, 0.3) is 0 Å². The molecule has 0 N–H and O–H groups in total. The molecule has 2 rings (SSSR count). The van der Waals surface area contributed by atoms with E-state index in [1.165, 1.54) is 7.11 Å². The van der Waals surface area contributed by atoms with E-state index in [9.17, 15) is 4.79 Å². The van der Waals surface area contributed by atoms with E-state index < -0.39 is 0 Å². The molecule has 0 amide bonds. The van der Waals surface area contributed by atoms with Crippen LogP contribution in [-0.4, -0.2) is 19.2 Å². The van der Waals surface area contributed by atoms with Gasteiger partial charge in [0.2, 0.25) is 0 Å². The van der Waals surface area contributed by atoms with E-state index in [1.54, 1.807) is 18.2 Å². The van der Waals surface area contributed by atoms with Crippen LogP contribution in [0.1, 0.15) is 37.0 Å². The molecule has 88 valence electrons. The van der Waals surface area contributed by atoms with Gasteiger partial charge >= 0.3 is 5.97 Å². The summed E-state index contributed by atoms with van der Waals surface area (Å²) in [5.74, 6) is 0.281. The highest BCUT2D eigenvalue weighted by Gasteiger charge is 2.25. The largest absolute Gasteiger partial charge is 0.490 e. The van der Waals surface area contributed by atoms with Gasteiger partial charge < -0.3 is 9.47 Å². The SMILES string of the molecule is CC.COC(=O)c1ccccc1OC1CC1. The van der Waals surface area contributed by atoms with Gasteiger partial charge in [0.1, 0.15) is 11.3 Å². The summed E-state index contributed by atoms with van der Waals surface area (Å²) in [5.41, 5.74) is 0.502. The Morgan fingerprint density at radius 1 is 1.25 bits per heavy atom. The third-order valence-electron chi connectivity index (χ3n) is 2.11. The summed E-state index contributed by atoms with van der Waals surface area (Å²) in [7, 11) is 1.37. The molecule has 1 aliphatic rings. The molecule has 3 heteroatoms. The Kier molecular flexibility index (Phi) is 4.83. The topological polar surface area (TPSA) is 35.5 Å². The standard InChI is InChI=1S/C11H12O3.C2H6/c1-13-11(12)9-4-2-3-5-10(9)14-8-6-7-8;1-2/h2-5,8H,6-7H2,1H3;1-2H3. The molecule has 16 heavy (non-hydrogen) atoms. The number of rotatable bonds is 3. The molecule has 0 bridgehead atoms. The molecular weight excluding hydrogens is 204 g/mol. The first-order valence-electron chi connectivity index (χ1n) is 5.65. The molecule has 0 radical (unpaired) electrons. The van der Waals surface area contributed by atoms with E-state index in [2.05, 4.69) is 4.74 Å². The van der Waals surface area contributed by atoms with Crippen molar-refractivity contribution in [3.63, 3.8) is 0 Å². The molecule has 0 spiro atoms. The first kappa shape index (κ1) is 12.6. The smallest absolute Gasteiger partial charge is 0.341 e. The van der Waals surface area contributed by atoms with Crippen molar-refractivity contribution in [3.05, 3.63) is 29.8 Å². The highest BCUT2D eigenvalue weighted by molar-refractivity contribution is 5.92. The molecule has 0 aromatic heterocycles. The van der Waals surface area contributed by atoms with Crippen molar-refractivity contribution in [1.29, 1.82) is 0 Å². The number of hydrogen-bond acceptors (Lipinski definition) is 3. The van der Waals surface area contributed by atoms with E-state index in [-0.39, 0.29) is 5.97 Å². The average Bonchev–Trinajstić information content (AvgIpc) is 3.15. The van der Waals surface area contributed by atoms with Gasteiger partial charge in [0.05, 0.1) is 13.2 Å². The van der Waals surface area contributed by atoms with Crippen LogP contribution < -0.4 is 4.74 Å². The lowest BCUT2D eigenvalue weighted by Crippen LogP contribution is -2.06. The van der Waals surface area contributed by atoms with Gasteiger partial charge in [-0.2, -0.15) is 0 Å². The minimum absolute atomic E-state index is 0.292. The summed E-state index contributed by atoms with van der Waals surface area (Å²) in [4.78, 5) is 11.3. The van der Waals surface area contributed by atoms with Gasteiger partial charge in [0, 0.05) is 0 Å². The normalized spacial score (nSPS) is 13.4. The molecule has 0 unspecified atom stereocenters. The predicted octanol–water partition coefficient (Wildman–Crippen LogP) is 3.04. The summed E-state index contributed by atoms with van der Waals surface area (Å²) in [6.45, 7) is 4.00. The van der Waals surface area contributed by atoms with Crippen molar-refractivity contribution in [2.45, 2.75) is 32.8 Å². The zero-order valence-corrected chi connectivity index (χ0v) is 10.0. The number of carbonyl (C=O) groups is 1. The summed E-state index contributed by atoms with van der Waals surface area (Å²) >= 11 is 0. The lowest BCUT2D eigenvalue weighted by Gasteiger charge is -2.08. The Morgan fingerprint density at radius 3 is 2.44 bits per heavy atom. The summed E-state index contributed by atoms with van der Waals surface area (Å²) in [5, 5.41) is 0. The number of para-hydroxylation sites is 1. The zero-order valence-electron chi connectivity index (χ0n) is 10.0. The number of methoxy groups -OCH3 is 1. The number of esters is 1. The quantitative estimate of drug-likeness (QED) is 0.737. The van der Waals surface area contributed by atoms with Crippen molar-refractivity contribution < 1.29 is 14.3 Å². The number of hydrogen-bond donors (Lipinski definition) is 0. The van der Waals surface area contributed by atoms with Gasteiger partial charge in [-0.1, -0.05) is 26.0 Å². The predicted molar refractivity (Wildman–Crippen MR) is 62.8 cm³/mol. The molecule has 0 heterocycles.